The van der Waals surface area contributed by atoms with Crippen molar-refractivity contribution < 1.29 is 22.7 Å². The summed E-state index contributed by atoms with van der Waals surface area (Å²) in [5, 5.41) is 3.01. The van der Waals surface area contributed by atoms with Gasteiger partial charge in [0.05, 0.1) is 18.0 Å². The monoisotopic (exact) mass is 444 g/mol. The number of amides is 1. The second-order valence-electron chi connectivity index (χ2n) is 8.07. The summed E-state index contributed by atoms with van der Waals surface area (Å²) in [6.07, 6.45) is 6.40. The van der Waals surface area contributed by atoms with Crippen molar-refractivity contribution in [2.75, 3.05) is 23.9 Å². The number of fused-ring (bicyclic) bond motifs is 2. The molecule has 166 valence electrons. The van der Waals surface area contributed by atoms with Crippen LogP contribution in [0, 0.1) is 0 Å². The normalized spacial score (nSPS) is 15.8. The maximum absolute atomic E-state index is 12.9. The molecule has 2 aliphatic rings. The Morgan fingerprint density at radius 3 is 2.55 bits per heavy atom. The number of sulfonamides is 1. The number of hydrogen-bond acceptors (Lipinski definition) is 5. The molecular weight excluding hydrogens is 416 g/mol. The summed E-state index contributed by atoms with van der Waals surface area (Å²) in [4.78, 5) is 12.9. The molecule has 0 aromatic heterocycles. The number of anilines is 1. The molecule has 0 unspecified atom stereocenters. The first-order valence-corrected chi connectivity index (χ1v) is 12.5. The van der Waals surface area contributed by atoms with Gasteiger partial charge >= 0.3 is 0 Å². The SMILES string of the molecule is CC[C@H](NC(=O)CN(c1ccc2c(c1)OCO2)S(C)(=O)=O)c1ccc2c(c1)CCCC2. The van der Waals surface area contributed by atoms with E-state index in [9.17, 15) is 13.2 Å². The van der Waals surface area contributed by atoms with Crippen LogP contribution in [-0.2, 0) is 27.7 Å². The lowest BCUT2D eigenvalue weighted by Crippen LogP contribution is -2.41. The summed E-state index contributed by atoms with van der Waals surface area (Å²) in [6.45, 7) is 1.80. The average molecular weight is 445 g/mol. The molecule has 0 spiro atoms. The van der Waals surface area contributed by atoms with Crippen molar-refractivity contribution in [3.8, 4) is 11.5 Å². The zero-order valence-corrected chi connectivity index (χ0v) is 18.7. The van der Waals surface area contributed by atoms with Crippen LogP contribution in [0.3, 0.4) is 0 Å². The quantitative estimate of drug-likeness (QED) is 0.708. The topological polar surface area (TPSA) is 84.9 Å². The van der Waals surface area contributed by atoms with Gasteiger partial charge in [-0.05, 0) is 60.9 Å². The lowest BCUT2D eigenvalue weighted by atomic mass is 9.89. The van der Waals surface area contributed by atoms with Crippen molar-refractivity contribution in [1.82, 2.24) is 5.32 Å². The molecule has 0 saturated heterocycles. The van der Waals surface area contributed by atoms with E-state index in [2.05, 4.69) is 23.5 Å². The maximum atomic E-state index is 12.9. The number of nitrogens with one attached hydrogen (secondary N) is 1. The van der Waals surface area contributed by atoms with Crippen molar-refractivity contribution in [3.05, 3.63) is 53.1 Å². The Kier molecular flexibility index (Phi) is 6.09. The van der Waals surface area contributed by atoms with Crippen LogP contribution in [0.15, 0.2) is 36.4 Å². The fourth-order valence-corrected chi connectivity index (χ4v) is 5.05. The molecule has 31 heavy (non-hydrogen) atoms. The third-order valence-electron chi connectivity index (χ3n) is 5.85. The van der Waals surface area contributed by atoms with Crippen LogP contribution >= 0.6 is 0 Å². The number of rotatable bonds is 7. The largest absolute Gasteiger partial charge is 0.454 e. The summed E-state index contributed by atoms with van der Waals surface area (Å²) in [6, 6.07) is 11.1. The minimum Gasteiger partial charge on any atom is -0.454 e. The lowest BCUT2D eigenvalue weighted by molar-refractivity contribution is -0.120. The summed E-state index contributed by atoms with van der Waals surface area (Å²) in [5.74, 6) is 0.667. The number of hydrogen-bond donors (Lipinski definition) is 1. The van der Waals surface area contributed by atoms with Crippen LogP contribution in [0.25, 0.3) is 0 Å². The molecule has 0 bridgehead atoms. The Bertz CT molecular complexity index is 1080. The minimum absolute atomic E-state index is 0.0944. The molecule has 0 saturated carbocycles. The summed E-state index contributed by atoms with van der Waals surface area (Å²) in [5.41, 5.74) is 4.17. The number of benzene rings is 2. The van der Waals surface area contributed by atoms with Gasteiger partial charge in [0.2, 0.25) is 22.7 Å². The predicted molar refractivity (Wildman–Crippen MR) is 119 cm³/mol. The van der Waals surface area contributed by atoms with Crippen LogP contribution in [0.1, 0.15) is 48.9 Å². The van der Waals surface area contributed by atoms with Gasteiger partial charge in [-0.1, -0.05) is 25.1 Å². The summed E-state index contributed by atoms with van der Waals surface area (Å²) in [7, 11) is -3.67. The molecule has 1 N–H and O–H groups in total. The van der Waals surface area contributed by atoms with Crippen molar-refractivity contribution in [1.29, 1.82) is 0 Å². The Morgan fingerprint density at radius 2 is 1.81 bits per heavy atom. The zero-order chi connectivity index (χ0) is 22.0. The minimum atomic E-state index is -3.67. The van der Waals surface area contributed by atoms with Gasteiger partial charge in [0.1, 0.15) is 6.54 Å². The molecule has 0 radical (unpaired) electrons. The van der Waals surface area contributed by atoms with Crippen molar-refractivity contribution >= 4 is 21.6 Å². The van der Waals surface area contributed by atoms with Crippen LogP contribution in [0.5, 0.6) is 11.5 Å². The molecule has 2 aromatic carbocycles. The van der Waals surface area contributed by atoms with Gasteiger partial charge in [0, 0.05) is 6.07 Å². The molecule has 4 rings (SSSR count). The van der Waals surface area contributed by atoms with Crippen LogP contribution in [0.4, 0.5) is 5.69 Å². The van der Waals surface area contributed by atoms with Crippen molar-refractivity contribution in [2.24, 2.45) is 0 Å². The van der Waals surface area contributed by atoms with Gasteiger partial charge in [0.25, 0.3) is 0 Å². The first-order chi connectivity index (χ1) is 14.8. The highest BCUT2D eigenvalue weighted by Crippen LogP contribution is 2.36. The Hall–Kier alpha value is -2.74. The molecule has 0 fully saturated rings. The molecule has 1 aliphatic heterocycles. The van der Waals surface area contributed by atoms with Crippen LogP contribution in [-0.4, -0.2) is 33.9 Å². The summed E-state index contributed by atoms with van der Waals surface area (Å²) >= 11 is 0. The van der Waals surface area contributed by atoms with Crippen LogP contribution in [0.2, 0.25) is 0 Å². The fourth-order valence-electron chi connectivity index (χ4n) is 4.20. The number of carbonyl (C=O) groups is 1. The second kappa shape index (κ2) is 8.78. The number of nitrogens with zero attached hydrogens (tertiary/aromatic N) is 1. The second-order valence-corrected chi connectivity index (χ2v) is 9.98. The van der Waals surface area contributed by atoms with Crippen molar-refractivity contribution in [3.63, 3.8) is 0 Å². The van der Waals surface area contributed by atoms with Gasteiger partial charge in [-0.2, -0.15) is 0 Å². The Labute approximate surface area is 183 Å². The zero-order valence-electron chi connectivity index (χ0n) is 17.9. The van der Waals surface area contributed by atoms with Gasteiger partial charge in [0.15, 0.2) is 11.5 Å². The van der Waals surface area contributed by atoms with Gasteiger partial charge in [-0.3, -0.25) is 9.10 Å². The van der Waals surface area contributed by atoms with E-state index in [0.717, 1.165) is 29.0 Å². The molecule has 2 aromatic rings. The van der Waals surface area contributed by atoms with E-state index in [0.29, 0.717) is 23.6 Å². The highest BCUT2D eigenvalue weighted by atomic mass is 32.2. The van der Waals surface area contributed by atoms with Crippen LogP contribution < -0.4 is 19.1 Å². The third kappa shape index (κ3) is 4.79. The first kappa shape index (κ1) is 21.5. The Balaban J connectivity index is 1.51. The van der Waals surface area contributed by atoms with Gasteiger partial charge < -0.3 is 14.8 Å². The highest BCUT2D eigenvalue weighted by molar-refractivity contribution is 7.92. The number of ether oxygens (including phenoxy) is 2. The smallest absolute Gasteiger partial charge is 0.241 e. The molecule has 1 atom stereocenters. The van der Waals surface area contributed by atoms with Gasteiger partial charge in [-0.15, -0.1) is 0 Å². The molecule has 8 heteroatoms. The molecule has 1 heterocycles. The van der Waals surface area contributed by atoms with Crippen molar-refractivity contribution in [2.45, 2.75) is 45.1 Å². The summed E-state index contributed by atoms with van der Waals surface area (Å²) < 4.78 is 36.6. The maximum Gasteiger partial charge on any atom is 0.241 e. The third-order valence-corrected chi connectivity index (χ3v) is 6.99. The van der Waals surface area contributed by atoms with E-state index in [-0.39, 0.29) is 25.3 Å². The fraction of sp³-hybridized carbons (Fsp3) is 0.435. The first-order valence-electron chi connectivity index (χ1n) is 10.6. The van der Waals surface area contributed by atoms with E-state index in [1.807, 2.05) is 6.92 Å². The Morgan fingerprint density at radius 1 is 1.06 bits per heavy atom. The van der Waals surface area contributed by atoms with E-state index in [1.54, 1.807) is 18.2 Å². The highest BCUT2D eigenvalue weighted by Gasteiger charge is 2.25. The average Bonchev–Trinajstić information content (AvgIpc) is 3.22. The number of aryl methyl sites for hydroxylation is 2. The molecular formula is C23H28N2O5S. The standard InChI is InChI=1S/C23H28N2O5S/c1-3-20(18-9-8-16-6-4-5-7-17(16)12-18)24-23(26)14-25(31(2,27)28)19-10-11-21-22(13-19)30-15-29-21/h8-13,20H,3-7,14-15H2,1-2H3,(H,24,26)/t20-/m0/s1. The van der Waals surface area contributed by atoms with Gasteiger partial charge in [-0.25, -0.2) is 8.42 Å². The molecule has 1 amide bonds. The van der Waals surface area contributed by atoms with E-state index >= 15 is 0 Å². The van der Waals surface area contributed by atoms with E-state index in [1.165, 1.54) is 24.0 Å². The number of carbonyl (C=O) groups excluding carboxylic acids is 1. The molecule has 7 nitrogen and oxygen atoms in total. The van der Waals surface area contributed by atoms with E-state index < -0.39 is 10.0 Å². The molecule has 1 aliphatic carbocycles. The van der Waals surface area contributed by atoms with E-state index in [4.69, 9.17) is 9.47 Å². The predicted octanol–water partition coefficient (Wildman–Crippen LogP) is 3.33. The lowest BCUT2D eigenvalue weighted by Gasteiger charge is -2.25.